The lowest BCUT2D eigenvalue weighted by Crippen LogP contribution is -2.47. The van der Waals surface area contributed by atoms with Gasteiger partial charge in [-0.25, -0.2) is 0 Å². The van der Waals surface area contributed by atoms with Crippen LogP contribution in [0.3, 0.4) is 0 Å². The van der Waals surface area contributed by atoms with Gasteiger partial charge in [-0.3, -0.25) is 9.59 Å². The van der Waals surface area contributed by atoms with Crippen LogP contribution in [0.15, 0.2) is 0 Å². The monoisotopic (exact) mass is 229 g/mol. The van der Waals surface area contributed by atoms with E-state index in [2.05, 4.69) is 26.1 Å². The van der Waals surface area contributed by atoms with E-state index in [1.165, 1.54) is 0 Å². The van der Waals surface area contributed by atoms with Crippen molar-refractivity contribution in [2.75, 3.05) is 20.1 Å². The molecule has 3 N–H and O–H groups in total. The second-order valence-electron chi connectivity index (χ2n) is 5.03. The summed E-state index contributed by atoms with van der Waals surface area (Å²) >= 11 is 0. The Balaban J connectivity index is 4.24. The summed E-state index contributed by atoms with van der Waals surface area (Å²) in [6.45, 7) is 8.11. The summed E-state index contributed by atoms with van der Waals surface area (Å²) in [6, 6.07) is 0.106. The summed E-state index contributed by atoms with van der Waals surface area (Å²) in [5.41, 5.74) is 5.14. The molecule has 0 saturated heterocycles. The number of nitrogens with one attached hydrogen (secondary N) is 1. The summed E-state index contributed by atoms with van der Waals surface area (Å²) < 4.78 is 0. The molecule has 2 amide bonds. The summed E-state index contributed by atoms with van der Waals surface area (Å²) in [5.74, 6) is -0.422. The summed E-state index contributed by atoms with van der Waals surface area (Å²) in [6.07, 6.45) is 0. The molecule has 0 bridgehead atoms. The summed E-state index contributed by atoms with van der Waals surface area (Å²) in [7, 11) is 1.74. The molecule has 0 aliphatic rings. The minimum absolute atomic E-state index is 0.00690. The lowest BCUT2D eigenvalue weighted by Gasteiger charge is -2.35. The molecule has 0 spiro atoms. The fourth-order valence-corrected chi connectivity index (χ4v) is 1.17. The number of nitrogens with two attached hydrogens (primary N) is 1. The molecule has 94 valence electrons. The molecule has 0 aromatic rings. The first-order chi connectivity index (χ1) is 7.20. The molecule has 1 unspecified atom stereocenters. The lowest BCUT2D eigenvalue weighted by atomic mass is 9.87. The quantitative estimate of drug-likeness (QED) is 0.710. The Morgan fingerprint density at radius 2 is 1.88 bits per heavy atom. The van der Waals surface area contributed by atoms with Crippen molar-refractivity contribution in [3.63, 3.8) is 0 Å². The molecular formula is C11H23N3O2. The SMILES string of the molecule is CC(N(C)C(=O)CNC(=O)CN)C(C)(C)C. The van der Waals surface area contributed by atoms with Crippen LogP contribution in [-0.4, -0.2) is 42.9 Å². The highest BCUT2D eigenvalue weighted by Gasteiger charge is 2.26. The standard InChI is InChI=1S/C11H23N3O2/c1-8(11(2,3)4)14(5)10(16)7-13-9(15)6-12/h8H,6-7,12H2,1-5H3,(H,13,15). The van der Waals surface area contributed by atoms with Gasteiger partial charge in [0, 0.05) is 13.1 Å². The van der Waals surface area contributed by atoms with Crippen LogP contribution in [0.5, 0.6) is 0 Å². The molecule has 5 heteroatoms. The van der Waals surface area contributed by atoms with Crippen molar-refractivity contribution >= 4 is 11.8 Å². The average Bonchev–Trinajstić information content (AvgIpc) is 2.21. The number of hydrogen-bond acceptors (Lipinski definition) is 3. The Kier molecular flexibility index (Phi) is 5.44. The molecule has 0 aromatic heterocycles. The number of carbonyl (C=O) groups is 2. The van der Waals surface area contributed by atoms with E-state index >= 15 is 0 Å². The number of likely N-dealkylation sites (N-methyl/N-ethyl adjacent to an activating group) is 1. The zero-order valence-corrected chi connectivity index (χ0v) is 10.8. The van der Waals surface area contributed by atoms with Gasteiger partial charge in [0.2, 0.25) is 11.8 Å². The van der Waals surface area contributed by atoms with E-state index in [9.17, 15) is 9.59 Å². The highest BCUT2D eigenvalue weighted by molar-refractivity contribution is 5.85. The van der Waals surface area contributed by atoms with Gasteiger partial charge in [0.1, 0.15) is 0 Å². The first-order valence-electron chi connectivity index (χ1n) is 5.42. The number of amides is 2. The third-order valence-corrected chi connectivity index (χ3v) is 2.85. The maximum Gasteiger partial charge on any atom is 0.241 e. The topological polar surface area (TPSA) is 75.4 Å². The molecule has 0 aliphatic heterocycles. The van der Waals surface area contributed by atoms with Crippen molar-refractivity contribution in [3.05, 3.63) is 0 Å². The Hall–Kier alpha value is -1.10. The molecule has 1 atom stereocenters. The molecule has 5 nitrogen and oxygen atoms in total. The maximum absolute atomic E-state index is 11.7. The largest absolute Gasteiger partial charge is 0.346 e. The molecule has 0 radical (unpaired) electrons. The van der Waals surface area contributed by atoms with Crippen LogP contribution in [0.4, 0.5) is 0 Å². The van der Waals surface area contributed by atoms with E-state index in [1.807, 2.05) is 6.92 Å². The fourth-order valence-electron chi connectivity index (χ4n) is 1.17. The van der Waals surface area contributed by atoms with Crippen LogP contribution in [0.2, 0.25) is 0 Å². The average molecular weight is 229 g/mol. The number of rotatable bonds is 4. The van der Waals surface area contributed by atoms with Crippen molar-refractivity contribution in [1.29, 1.82) is 0 Å². The van der Waals surface area contributed by atoms with Gasteiger partial charge in [0.15, 0.2) is 0 Å². The van der Waals surface area contributed by atoms with E-state index in [0.717, 1.165) is 0 Å². The molecular weight excluding hydrogens is 206 g/mol. The van der Waals surface area contributed by atoms with Crippen LogP contribution < -0.4 is 11.1 Å². The van der Waals surface area contributed by atoms with Gasteiger partial charge in [-0.1, -0.05) is 20.8 Å². The van der Waals surface area contributed by atoms with Gasteiger partial charge in [0.25, 0.3) is 0 Å². The third kappa shape index (κ3) is 4.61. The van der Waals surface area contributed by atoms with E-state index in [0.29, 0.717) is 0 Å². The molecule has 16 heavy (non-hydrogen) atoms. The van der Waals surface area contributed by atoms with E-state index in [1.54, 1.807) is 11.9 Å². The number of nitrogens with zero attached hydrogens (tertiary/aromatic N) is 1. The van der Waals surface area contributed by atoms with Gasteiger partial charge in [-0.2, -0.15) is 0 Å². The Morgan fingerprint density at radius 1 is 1.38 bits per heavy atom. The zero-order chi connectivity index (χ0) is 12.9. The Bertz CT molecular complexity index is 258. The van der Waals surface area contributed by atoms with E-state index in [4.69, 9.17) is 5.73 Å². The number of carbonyl (C=O) groups excluding carboxylic acids is 2. The maximum atomic E-state index is 11.7. The van der Waals surface area contributed by atoms with Gasteiger partial charge >= 0.3 is 0 Å². The molecule has 0 rings (SSSR count). The zero-order valence-electron chi connectivity index (χ0n) is 10.8. The van der Waals surface area contributed by atoms with Crippen LogP contribution in [-0.2, 0) is 9.59 Å². The molecule has 0 saturated carbocycles. The highest BCUT2D eigenvalue weighted by atomic mass is 16.2. The third-order valence-electron chi connectivity index (χ3n) is 2.85. The predicted molar refractivity (Wildman–Crippen MR) is 63.8 cm³/mol. The molecule has 0 aromatic carbocycles. The van der Waals surface area contributed by atoms with Crippen LogP contribution >= 0.6 is 0 Å². The second kappa shape index (κ2) is 5.84. The van der Waals surface area contributed by atoms with Crippen LogP contribution in [0.1, 0.15) is 27.7 Å². The second-order valence-corrected chi connectivity index (χ2v) is 5.03. The Labute approximate surface area is 97.4 Å². The molecule has 0 aliphatic carbocycles. The predicted octanol–water partition coefficient (Wildman–Crippen LogP) is -0.0457. The minimum Gasteiger partial charge on any atom is -0.346 e. The van der Waals surface area contributed by atoms with Crippen LogP contribution in [0.25, 0.3) is 0 Å². The van der Waals surface area contributed by atoms with Crippen molar-refractivity contribution in [2.24, 2.45) is 11.1 Å². The summed E-state index contributed by atoms with van der Waals surface area (Å²) in [4.78, 5) is 24.3. The number of hydrogen-bond donors (Lipinski definition) is 2. The molecule has 0 heterocycles. The van der Waals surface area contributed by atoms with Gasteiger partial charge in [-0.05, 0) is 12.3 Å². The van der Waals surface area contributed by atoms with Gasteiger partial charge in [-0.15, -0.1) is 0 Å². The normalized spacial score (nSPS) is 13.1. The summed E-state index contributed by atoms with van der Waals surface area (Å²) in [5, 5.41) is 2.46. The minimum atomic E-state index is -0.315. The van der Waals surface area contributed by atoms with Crippen molar-refractivity contribution in [1.82, 2.24) is 10.2 Å². The van der Waals surface area contributed by atoms with Crippen molar-refractivity contribution in [2.45, 2.75) is 33.7 Å². The van der Waals surface area contributed by atoms with Gasteiger partial charge < -0.3 is 16.0 Å². The highest BCUT2D eigenvalue weighted by Crippen LogP contribution is 2.22. The first kappa shape index (κ1) is 14.9. The first-order valence-corrected chi connectivity index (χ1v) is 5.42. The molecule has 0 fully saturated rings. The van der Waals surface area contributed by atoms with Crippen LogP contribution in [0, 0.1) is 5.41 Å². The van der Waals surface area contributed by atoms with Crippen molar-refractivity contribution < 1.29 is 9.59 Å². The smallest absolute Gasteiger partial charge is 0.241 e. The lowest BCUT2D eigenvalue weighted by molar-refractivity contribution is -0.134. The van der Waals surface area contributed by atoms with Gasteiger partial charge in [0.05, 0.1) is 13.1 Å². The fraction of sp³-hybridized carbons (Fsp3) is 0.818. The van der Waals surface area contributed by atoms with E-state index in [-0.39, 0.29) is 36.4 Å². The van der Waals surface area contributed by atoms with E-state index < -0.39 is 0 Å². The Morgan fingerprint density at radius 3 is 2.25 bits per heavy atom. The van der Waals surface area contributed by atoms with Crippen molar-refractivity contribution in [3.8, 4) is 0 Å².